The summed E-state index contributed by atoms with van der Waals surface area (Å²) in [6, 6.07) is 0.0126. The number of nitrogens with zero attached hydrogens (tertiary/aromatic N) is 2. The van der Waals surface area contributed by atoms with Gasteiger partial charge in [-0.2, -0.15) is 0 Å². The maximum Gasteiger partial charge on any atom is 0.315 e. The van der Waals surface area contributed by atoms with Crippen LogP contribution in [-0.2, 0) is 11.2 Å². The van der Waals surface area contributed by atoms with Crippen molar-refractivity contribution in [1.29, 1.82) is 0 Å². The second kappa shape index (κ2) is 6.45. The first-order chi connectivity index (χ1) is 11.3. The third-order valence-corrected chi connectivity index (χ3v) is 5.03. The second-order valence-electron chi connectivity index (χ2n) is 7.25. The minimum absolute atomic E-state index is 0.0431. The van der Waals surface area contributed by atoms with Gasteiger partial charge in [-0.1, -0.05) is 12.1 Å². The van der Waals surface area contributed by atoms with Crippen molar-refractivity contribution in [3.05, 3.63) is 17.0 Å². The van der Waals surface area contributed by atoms with Gasteiger partial charge in [0.05, 0.1) is 11.7 Å². The normalized spacial score (nSPS) is 27.2. The van der Waals surface area contributed by atoms with Crippen LogP contribution in [0.1, 0.15) is 43.7 Å². The maximum atomic E-state index is 12.2. The molecule has 24 heavy (non-hydrogen) atoms. The van der Waals surface area contributed by atoms with Crippen molar-refractivity contribution in [1.82, 2.24) is 20.7 Å². The Morgan fingerprint density at radius 3 is 2.75 bits per heavy atom. The van der Waals surface area contributed by atoms with Crippen LogP contribution in [0.3, 0.4) is 0 Å². The molecular weight excluding hydrogens is 308 g/mol. The van der Waals surface area contributed by atoms with Crippen LogP contribution in [-0.4, -0.2) is 46.7 Å². The number of hydrogen-bond donors (Lipinski definition) is 2. The number of carbonyl (C=O) groups is 2. The molecule has 7 nitrogen and oxygen atoms in total. The van der Waals surface area contributed by atoms with Crippen LogP contribution < -0.4 is 10.6 Å². The second-order valence-corrected chi connectivity index (χ2v) is 7.25. The smallest absolute Gasteiger partial charge is 0.315 e. The zero-order valence-electron chi connectivity index (χ0n) is 14.8. The van der Waals surface area contributed by atoms with E-state index in [0.29, 0.717) is 31.3 Å². The van der Waals surface area contributed by atoms with Gasteiger partial charge in [0.25, 0.3) is 0 Å². The summed E-state index contributed by atoms with van der Waals surface area (Å²) < 4.78 is 5.15. The lowest BCUT2D eigenvalue weighted by Gasteiger charge is -2.19. The largest absolute Gasteiger partial charge is 0.361 e. The van der Waals surface area contributed by atoms with Gasteiger partial charge < -0.3 is 20.1 Å². The molecule has 2 N–H and O–H groups in total. The predicted octanol–water partition coefficient (Wildman–Crippen LogP) is 1.53. The molecule has 1 aliphatic carbocycles. The Kier molecular flexibility index (Phi) is 4.51. The van der Waals surface area contributed by atoms with E-state index in [1.165, 1.54) is 0 Å². The van der Waals surface area contributed by atoms with Crippen molar-refractivity contribution in [2.75, 3.05) is 6.54 Å². The van der Waals surface area contributed by atoms with Crippen molar-refractivity contribution >= 4 is 11.9 Å². The molecule has 0 aromatic carbocycles. The SMILES string of the molecule is Cc1noc(C)c1C[C@H](C)NC(=O)N[C@@H]1CC(=O)N([C@H]2C[C@@H]2C)C1. The quantitative estimate of drug-likeness (QED) is 0.855. The van der Waals surface area contributed by atoms with E-state index in [0.717, 1.165) is 23.4 Å². The summed E-state index contributed by atoms with van der Waals surface area (Å²) in [4.78, 5) is 26.1. The van der Waals surface area contributed by atoms with Crippen LogP contribution >= 0.6 is 0 Å². The van der Waals surface area contributed by atoms with Gasteiger partial charge in [0, 0.05) is 30.6 Å². The monoisotopic (exact) mass is 334 g/mol. The van der Waals surface area contributed by atoms with E-state index in [9.17, 15) is 9.59 Å². The van der Waals surface area contributed by atoms with Crippen LogP contribution in [0, 0.1) is 19.8 Å². The molecule has 132 valence electrons. The Labute approximate surface area is 142 Å². The number of aryl methyl sites for hydroxylation is 2. The third-order valence-electron chi connectivity index (χ3n) is 5.03. The maximum absolute atomic E-state index is 12.2. The highest BCUT2D eigenvalue weighted by Gasteiger charge is 2.44. The molecule has 1 saturated carbocycles. The Hall–Kier alpha value is -2.05. The molecule has 1 aliphatic heterocycles. The summed E-state index contributed by atoms with van der Waals surface area (Å²) in [5.74, 6) is 1.53. The summed E-state index contributed by atoms with van der Waals surface area (Å²) in [7, 11) is 0. The van der Waals surface area contributed by atoms with E-state index >= 15 is 0 Å². The number of amides is 3. The first-order valence-corrected chi connectivity index (χ1v) is 8.63. The molecule has 7 heteroatoms. The first kappa shape index (κ1) is 16.8. The van der Waals surface area contributed by atoms with Gasteiger partial charge in [-0.05, 0) is 39.5 Å². The highest BCUT2D eigenvalue weighted by atomic mass is 16.5. The average molecular weight is 334 g/mol. The molecule has 2 heterocycles. The number of aromatic nitrogens is 1. The molecular formula is C17H26N4O3. The molecule has 0 spiro atoms. The molecule has 2 aliphatic rings. The standard InChI is InChI=1S/C17H26N4O3/c1-9-5-15(9)21-8-13(7-16(21)22)19-17(23)18-10(2)6-14-11(3)20-24-12(14)4/h9-10,13,15H,5-8H2,1-4H3,(H2,18,19,23)/t9-,10-,13+,15-/m0/s1. The average Bonchev–Trinajstić information content (AvgIpc) is 2.99. The van der Waals surface area contributed by atoms with Crippen molar-refractivity contribution in [2.45, 2.75) is 65.1 Å². The summed E-state index contributed by atoms with van der Waals surface area (Å²) >= 11 is 0. The molecule has 1 saturated heterocycles. The molecule has 0 bridgehead atoms. The summed E-state index contributed by atoms with van der Waals surface area (Å²) in [6.07, 6.45) is 2.15. The molecule has 0 unspecified atom stereocenters. The van der Waals surface area contributed by atoms with Crippen molar-refractivity contribution in [3.63, 3.8) is 0 Å². The van der Waals surface area contributed by atoms with Crippen molar-refractivity contribution in [2.24, 2.45) is 5.92 Å². The number of carbonyl (C=O) groups excluding carboxylic acids is 2. The molecule has 1 aromatic rings. The van der Waals surface area contributed by atoms with Gasteiger partial charge in [-0.25, -0.2) is 4.79 Å². The molecule has 3 amide bonds. The van der Waals surface area contributed by atoms with Crippen LogP contribution in [0.5, 0.6) is 0 Å². The number of urea groups is 1. The Balaban J connectivity index is 1.46. The van der Waals surface area contributed by atoms with Gasteiger partial charge in [-0.3, -0.25) is 4.79 Å². The van der Waals surface area contributed by atoms with Gasteiger partial charge in [-0.15, -0.1) is 0 Å². The van der Waals surface area contributed by atoms with Crippen LogP contribution in [0.4, 0.5) is 4.79 Å². The van der Waals surface area contributed by atoms with E-state index in [2.05, 4.69) is 22.7 Å². The highest BCUT2D eigenvalue weighted by molar-refractivity contribution is 5.82. The topological polar surface area (TPSA) is 87.5 Å². The van der Waals surface area contributed by atoms with Gasteiger partial charge in [0.15, 0.2) is 0 Å². The van der Waals surface area contributed by atoms with E-state index in [1.54, 1.807) is 0 Å². The summed E-state index contributed by atoms with van der Waals surface area (Å²) in [5, 5.41) is 9.79. The summed E-state index contributed by atoms with van der Waals surface area (Å²) in [6.45, 7) is 8.50. The lowest BCUT2D eigenvalue weighted by molar-refractivity contribution is -0.128. The van der Waals surface area contributed by atoms with E-state index in [4.69, 9.17) is 4.52 Å². The number of rotatable bonds is 5. The minimum Gasteiger partial charge on any atom is -0.361 e. The van der Waals surface area contributed by atoms with Crippen molar-refractivity contribution in [3.8, 4) is 0 Å². The van der Waals surface area contributed by atoms with E-state index in [-0.39, 0.29) is 24.0 Å². The fourth-order valence-electron chi connectivity index (χ4n) is 3.49. The fourth-order valence-corrected chi connectivity index (χ4v) is 3.49. The third kappa shape index (κ3) is 3.55. The van der Waals surface area contributed by atoms with Gasteiger partial charge in [0.2, 0.25) is 5.91 Å². The summed E-state index contributed by atoms with van der Waals surface area (Å²) in [5.41, 5.74) is 1.89. The Bertz CT molecular complexity index is 622. The zero-order valence-corrected chi connectivity index (χ0v) is 14.8. The van der Waals surface area contributed by atoms with Gasteiger partial charge >= 0.3 is 6.03 Å². The molecule has 1 aromatic heterocycles. The van der Waals surface area contributed by atoms with Crippen LogP contribution in [0.2, 0.25) is 0 Å². The lowest BCUT2D eigenvalue weighted by atomic mass is 10.1. The lowest BCUT2D eigenvalue weighted by Crippen LogP contribution is -2.47. The highest BCUT2D eigenvalue weighted by Crippen LogP contribution is 2.37. The minimum atomic E-state index is -0.224. The zero-order chi connectivity index (χ0) is 17.4. The van der Waals surface area contributed by atoms with Gasteiger partial charge in [0.1, 0.15) is 5.76 Å². The molecule has 0 radical (unpaired) electrons. The predicted molar refractivity (Wildman–Crippen MR) is 88.5 cm³/mol. The Morgan fingerprint density at radius 1 is 1.46 bits per heavy atom. The molecule has 2 fully saturated rings. The number of likely N-dealkylation sites (tertiary alicyclic amines) is 1. The van der Waals surface area contributed by atoms with Crippen molar-refractivity contribution < 1.29 is 14.1 Å². The molecule has 4 atom stereocenters. The van der Waals surface area contributed by atoms with Crippen LogP contribution in [0.25, 0.3) is 0 Å². The first-order valence-electron chi connectivity index (χ1n) is 8.63. The van der Waals surface area contributed by atoms with E-state index in [1.807, 2.05) is 25.7 Å². The Morgan fingerprint density at radius 2 is 2.17 bits per heavy atom. The van der Waals surface area contributed by atoms with Crippen LogP contribution in [0.15, 0.2) is 4.52 Å². The van der Waals surface area contributed by atoms with E-state index < -0.39 is 0 Å². The number of nitrogens with one attached hydrogen (secondary N) is 2. The fraction of sp³-hybridized carbons (Fsp3) is 0.706. The molecule has 3 rings (SSSR count). The number of hydrogen-bond acceptors (Lipinski definition) is 4.